The minimum atomic E-state index is -0.984. The Morgan fingerprint density at radius 2 is 1.61 bits per heavy atom. The van der Waals surface area contributed by atoms with Crippen molar-refractivity contribution in [2.45, 2.75) is 63.5 Å². The second kappa shape index (κ2) is 11.1. The van der Waals surface area contributed by atoms with Crippen molar-refractivity contribution in [1.82, 2.24) is 9.80 Å². The van der Waals surface area contributed by atoms with Gasteiger partial charge in [0.05, 0.1) is 11.5 Å². The van der Waals surface area contributed by atoms with Gasteiger partial charge in [0, 0.05) is 43.8 Å². The summed E-state index contributed by atoms with van der Waals surface area (Å²) in [5.74, 6) is 0.716. The summed E-state index contributed by atoms with van der Waals surface area (Å²) < 4.78 is 6.01. The summed E-state index contributed by atoms with van der Waals surface area (Å²) in [6.45, 7) is 10.9. The molecule has 1 N–H and O–H groups in total. The van der Waals surface area contributed by atoms with E-state index in [9.17, 15) is 10.4 Å². The average Bonchev–Trinajstić information content (AvgIpc) is 2.89. The molecule has 194 valence electrons. The van der Waals surface area contributed by atoms with Crippen LogP contribution in [0.5, 0.6) is 5.75 Å². The van der Waals surface area contributed by atoms with E-state index in [1.165, 1.54) is 0 Å². The number of β-amino-alcohol motifs (C(OH)–C–C–N with tert-alkyl or cyclic N) is 1. The van der Waals surface area contributed by atoms with Crippen molar-refractivity contribution >= 4 is 11.6 Å². The highest BCUT2D eigenvalue weighted by molar-refractivity contribution is 6.30. The highest BCUT2D eigenvalue weighted by atomic mass is 35.5. The van der Waals surface area contributed by atoms with Crippen LogP contribution in [0.1, 0.15) is 52.0 Å². The van der Waals surface area contributed by atoms with Gasteiger partial charge >= 0.3 is 0 Å². The largest absolute Gasteiger partial charge is 0.491 e. The quantitative estimate of drug-likeness (QED) is 0.532. The molecule has 1 heterocycles. The first-order valence-corrected chi connectivity index (χ1v) is 13.6. The molecule has 0 spiro atoms. The monoisotopic (exact) mass is 509 g/mol. The molecule has 6 heteroatoms. The summed E-state index contributed by atoms with van der Waals surface area (Å²) in [6, 6.07) is 20.8. The number of hydrogen-bond acceptors (Lipinski definition) is 5. The summed E-state index contributed by atoms with van der Waals surface area (Å²) in [5.41, 5.74) is -0.495. The van der Waals surface area contributed by atoms with Crippen LogP contribution in [0.15, 0.2) is 54.6 Å². The number of hydrogen-bond donors (Lipinski definition) is 1. The second-order valence-electron chi connectivity index (χ2n) is 11.6. The second-order valence-corrected chi connectivity index (χ2v) is 12.1. The highest BCUT2D eigenvalue weighted by Gasteiger charge is 2.44. The Balaban J connectivity index is 1.30. The fraction of sp³-hybridized carbons (Fsp3) is 0.567. The number of piperazine rings is 1. The average molecular weight is 510 g/mol. The maximum absolute atomic E-state index is 11.7. The molecule has 1 saturated carbocycles. The number of nitriles is 1. The van der Waals surface area contributed by atoms with Crippen molar-refractivity contribution < 1.29 is 9.84 Å². The van der Waals surface area contributed by atoms with Gasteiger partial charge in [0.25, 0.3) is 0 Å². The Kier molecular flexibility index (Phi) is 8.32. The number of ether oxygens (including phenoxy) is 1. The third kappa shape index (κ3) is 6.06. The number of benzene rings is 2. The van der Waals surface area contributed by atoms with Gasteiger partial charge in [0.15, 0.2) is 0 Å². The maximum atomic E-state index is 11.7. The van der Waals surface area contributed by atoms with Crippen LogP contribution in [0, 0.1) is 16.7 Å². The van der Waals surface area contributed by atoms with Crippen LogP contribution in [-0.2, 0) is 5.41 Å². The third-order valence-electron chi connectivity index (χ3n) is 8.44. The highest BCUT2D eigenvalue weighted by Crippen LogP contribution is 2.40. The van der Waals surface area contributed by atoms with Gasteiger partial charge in [-0.15, -0.1) is 0 Å². The van der Waals surface area contributed by atoms with Gasteiger partial charge in [-0.25, -0.2) is 0 Å². The van der Waals surface area contributed by atoms with Gasteiger partial charge in [-0.05, 0) is 60.9 Å². The molecule has 2 aromatic carbocycles. The number of rotatable bonds is 7. The smallest absolute Gasteiger partial charge is 0.119 e. The number of nitrogens with zero attached hydrogens (tertiary/aromatic N) is 3. The Morgan fingerprint density at radius 3 is 2.17 bits per heavy atom. The van der Waals surface area contributed by atoms with E-state index in [4.69, 9.17) is 16.3 Å². The molecule has 0 amide bonds. The molecule has 1 aliphatic heterocycles. The molecular weight excluding hydrogens is 470 g/mol. The Morgan fingerprint density at radius 1 is 1.00 bits per heavy atom. The van der Waals surface area contributed by atoms with Crippen molar-refractivity contribution in [3.8, 4) is 11.8 Å². The number of aliphatic hydroxyl groups is 1. The zero-order chi connectivity index (χ0) is 25.8. The predicted molar refractivity (Wildman–Crippen MR) is 145 cm³/mol. The molecule has 5 nitrogen and oxygen atoms in total. The van der Waals surface area contributed by atoms with Crippen LogP contribution in [0.3, 0.4) is 0 Å². The van der Waals surface area contributed by atoms with Crippen molar-refractivity contribution in [2.75, 3.05) is 39.3 Å². The molecule has 0 bridgehead atoms. The molecule has 1 atom stereocenters. The Bertz CT molecular complexity index is 1010. The van der Waals surface area contributed by atoms with Crippen LogP contribution in [0.4, 0.5) is 0 Å². The van der Waals surface area contributed by atoms with Gasteiger partial charge in [-0.2, -0.15) is 5.26 Å². The Labute approximate surface area is 221 Å². The van der Waals surface area contributed by atoms with E-state index in [1.807, 2.05) is 30.3 Å². The molecule has 0 radical (unpaired) electrons. The normalized spacial score (nSPS) is 25.6. The van der Waals surface area contributed by atoms with Gasteiger partial charge in [-0.3, -0.25) is 9.80 Å². The first kappa shape index (κ1) is 26.9. The van der Waals surface area contributed by atoms with Gasteiger partial charge in [-0.1, -0.05) is 62.7 Å². The molecule has 1 saturated heterocycles. The van der Waals surface area contributed by atoms with Gasteiger partial charge in [0.1, 0.15) is 18.0 Å². The van der Waals surface area contributed by atoms with Gasteiger partial charge in [0.2, 0.25) is 0 Å². The molecule has 1 unspecified atom stereocenters. The summed E-state index contributed by atoms with van der Waals surface area (Å²) in [6.07, 6.45) is 3.96. The van der Waals surface area contributed by atoms with E-state index in [1.54, 1.807) is 12.1 Å². The fourth-order valence-corrected chi connectivity index (χ4v) is 5.70. The lowest BCUT2D eigenvalue weighted by atomic mass is 9.69. The van der Waals surface area contributed by atoms with Crippen LogP contribution in [0.2, 0.25) is 5.02 Å². The topological polar surface area (TPSA) is 59.7 Å². The van der Waals surface area contributed by atoms with E-state index in [0.29, 0.717) is 23.4 Å². The predicted octanol–water partition coefficient (Wildman–Crippen LogP) is 5.52. The van der Waals surface area contributed by atoms with E-state index in [-0.39, 0.29) is 17.4 Å². The molecule has 2 aromatic rings. The molecule has 1 aliphatic carbocycles. The molecular formula is C30H40ClN3O2. The summed E-state index contributed by atoms with van der Waals surface area (Å²) >= 11 is 5.99. The SMILES string of the molecule is CC(C)(C)C(O)(COc1ccc(Cl)cc1)CN1CCN(C2CCC(C#N)(c3ccccc3)CC2)CC1. The van der Waals surface area contributed by atoms with Crippen molar-refractivity contribution in [2.24, 2.45) is 5.41 Å². The lowest BCUT2D eigenvalue weighted by Gasteiger charge is -2.47. The molecule has 4 rings (SSSR count). The van der Waals surface area contributed by atoms with Gasteiger partial charge < -0.3 is 9.84 Å². The summed E-state index contributed by atoms with van der Waals surface area (Å²) in [7, 11) is 0. The van der Waals surface area contributed by atoms with E-state index in [0.717, 1.165) is 57.4 Å². The molecule has 2 fully saturated rings. The lowest BCUT2D eigenvalue weighted by Crippen LogP contribution is -2.59. The van der Waals surface area contributed by atoms with Crippen LogP contribution >= 0.6 is 11.6 Å². The summed E-state index contributed by atoms with van der Waals surface area (Å²) in [5, 5.41) is 22.4. The summed E-state index contributed by atoms with van der Waals surface area (Å²) in [4.78, 5) is 4.97. The molecule has 36 heavy (non-hydrogen) atoms. The zero-order valence-electron chi connectivity index (χ0n) is 21.9. The first-order valence-electron chi connectivity index (χ1n) is 13.2. The van der Waals surface area contributed by atoms with Crippen LogP contribution in [0.25, 0.3) is 0 Å². The van der Waals surface area contributed by atoms with Crippen molar-refractivity contribution in [1.29, 1.82) is 5.26 Å². The van der Waals surface area contributed by atoms with E-state index < -0.39 is 5.60 Å². The van der Waals surface area contributed by atoms with Crippen LogP contribution in [-0.4, -0.2) is 65.9 Å². The third-order valence-corrected chi connectivity index (χ3v) is 8.70. The first-order chi connectivity index (χ1) is 17.1. The fourth-order valence-electron chi connectivity index (χ4n) is 5.57. The number of halogens is 1. The maximum Gasteiger partial charge on any atom is 0.119 e. The lowest BCUT2D eigenvalue weighted by molar-refractivity contribution is -0.111. The van der Waals surface area contributed by atoms with Crippen molar-refractivity contribution in [3.05, 3.63) is 65.2 Å². The Hall–Kier alpha value is -2.10. The zero-order valence-corrected chi connectivity index (χ0v) is 22.7. The van der Waals surface area contributed by atoms with E-state index >= 15 is 0 Å². The molecule has 0 aromatic heterocycles. The minimum Gasteiger partial charge on any atom is -0.491 e. The van der Waals surface area contributed by atoms with E-state index in [2.05, 4.69) is 48.8 Å². The standard InChI is InChI=1S/C30H40ClN3O2/c1-28(2,3)30(35,23-36-27-11-9-25(31)10-12-27)22-33-17-19-34(20-18-33)26-13-15-29(21-32,16-14-26)24-7-5-4-6-8-24/h4-12,26,35H,13-20,22-23H2,1-3H3. The van der Waals surface area contributed by atoms with Crippen LogP contribution < -0.4 is 4.74 Å². The van der Waals surface area contributed by atoms with Crippen molar-refractivity contribution in [3.63, 3.8) is 0 Å². The molecule has 2 aliphatic rings. The minimum absolute atomic E-state index is 0.233.